The zero-order chi connectivity index (χ0) is 26.6. The number of para-hydroxylation sites is 1. The summed E-state index contributed by atoms with van der Waals surface area (Å²) in [5.41, 5.74) is 2.67. The van der Waals surface area contributed by atoms with Crippen LogP contribution in [0, 0.1) is 5.82 Å². The molecule has 0 saturated carbocycles. The first kappa shape index (κ1) is 25.8. The van der Waals surface area contributed by atoms with E-state index in [4.69, 9.17) is 16.3 Å². The van der Waals surface area contributed by atoms with Crippen LogP contribution in [-0.4, -0.2) is 74.9 Å². The van der Waals surface area contributed by atoms with Gasteiger partial charge in [0, 0.05) is 57.7 Å². The van der Waals surface area contributed by atoms with Crippen LogP contribution in [0.4, 0.5) is 15.0 Å². The monoisotopic (exact) mass is 538 g/mol. The smallest absolute Gasteiger partial charge is 0.320 e. The quantitative estimate of drug-likeness (QED) is 0.355. The summed E-state index contributed by atoms with van der Waals surface area (Å²) in [6.45, 7) is 2.45. The van der Waals surface area contributed by atoms with Crippen LogP contribution in [0.15, 0.2) is 61.2 Å². The predicted octanol–water partition coefficient (Wildman–Crippen LogP) is 3.70. The molecule has 0 aliphatic carbocycles. The van der Waals surface area contributed by atoms with Crippen LogP contribution in [0.25, 0.3) is 16.9 Å². The number of halogens is 2. The number of carbonyl (C=O) groups excluding carboxylic acids is 1. The number of aryl methyl sites for hydroxylation is 1. The summed E-state index contributed by atoms with van der Waals surface area (Å²) >= 11 is 6.77. The number of anilines is 1. The van der Waals surface area contributed by atoms with E-state index >= 15 is 0 Å². The Morgan fingerprint density at radius 2 is 2.03 bits per heavy atom. The number of benzene rings is 1. The number of urea groups is 1. The fourth-order valence-corrected chi connectivity index (χ4v) is 4.98. The molecule has 1 aromatic carbocycles. The van der Waals surface area contributed by atoms with Gasteiger partial charge in [0.15, 0.2) is 5.82 Å². The minimum Gasteiger partial charge on any atom is -0.383 e. The van der Waals surface area contributed by atoms with Gasteiger partial charge in [0.1, 0.15) is 16.5 Å². The summed E-state index contributed by atoms with van der Waals surface area (Å²) in [7, 11) is 3.45. The van der Waals surface area contributed by atoms with E-state index in [0.29, 0.717) is 37.8 Å². The van der Waals surface area contributed by atoms with E-state index in [-0.39, 0.29) is 17.0 Å². The van der Waals surface area contributed by atoms with Gasteiger partial charge in [0.05, 0.1) is 30.7 Å². The third-order valence-corrected chi connectivity index (χ3v) is 6.87. The summed E-state index contributed by atoms with van der Waals surface area (Å²) in [5.74, 6) is -0.240. The van der Waals surface area contributed by atoms with Crippen molar-refractivity contribution in [3.8, 4) is 16.9 Å². The molecule has 10 nitrogen and oxygen atoms in total. The van der Waals surface area contributed by atoms with Crippen molar-refractivity contribution >= 4 is 23.4 Å². The molecule has 12 heteroatoms. The summed E-state index contributed by atoms with van der Waals surface area (Å²) < 4.78 is 22.4. The Morgan fingerprint density at radius 3 is 2.74 bits per heavy atom. The summed E-state index contributed by atoms with van der Waals surface area (Å²) in [4.78, 5) is 19.5. The van der Waals surface area contributed by atoms with Crippen molar-refractivity contribution in [1.82, 2.24) is 34.8 Å². The topological polar surface area (TPSA) is 102 Å². The average Bonchev–Trinajstić information content (AvgIpc) is 3.61. The van der Waals surface area contributed by atoms with Gasteiger partial charge in [-0.05, 0) is 23.8 Å². The third kappa shape index (κ3) is 5.54. The van der Waals surface area contributed by atoms with Crippen LogP contribution in [0.1, 0.15) is 11.5 Å². The van der Waals surface area contributed by atoms with Crippen molar-refractivity contribution in [2.75, 3.05) is 38.7 Å². The highest BCUT2D eigenvalue weighted by atomic mass is 35.5. The number of pyridine rings is 1. The molecule has 1 fully saturated rings. The number of ether oxygens (including phenoxy) is 1. The minimum absolute atomic E-state index is 0.152. The molecule has 2 atom stereocenters. The fraction of sp³-hybridized carbons (Fsp3) is 0.308. The van der Waals surface area contributed by atoms with Crippen LogP contribution in [0.3, 0.4) is 0 Å². The van der Waals surface area contributed by atoms with E-state index in [0.717, 1.165) is 16.8 Å². The van der Waals surface area contributed by atoms with Crippen molar-refractivity contribution in [2.24, 2.45) is 7.05 Å². The summed E-state index contributed by atoms with van der Waals surface area (Å²) in [6.07, 6.45) is 6.28. The van der Waals surface area contributed by atoms with Crippen LogP contribution in [0.5, 0.6) is 0 Å². The third-order valence-electron chi connectivity index (χ3n) is 6.52. The van der Waals surface area contributed by atoms with Gasteiger partial charge in [-0.2, -0.15) is 10.2 Å². The van der Waals surface area contributed by atoms with Crippen molar-refractivity contribution in [3.63, 3.8) is 0 Å². The number of amides is 2. The molecule has 1 aliphatic heterocycles. The molecule has 4 heterocycles. The van der Waals surface area contributed by atoms with Crippen molar-refractivity contribution in [3.05, 3.63) is 77.6 Å². The van der Waals surface area contributed by atoms with E-state index in [1.807, 2.05) is 30.3 Å². The second-order valence-electron chi connectivity index (χ2n) is 9.16. The largest absolute Gasteiger partial charge is 0.383 e. The Hall–Kier alpha value is -3.80. The Morgan fingerprint density at radius 1 is 1.21 bits per heavy atom. The number of hydrogen-bond donors (Lipinski definition) is 2. The lowest BCUT2D eigenvalue weighted by atomic mass is 9.96. The molecule has 2 unspecified atom stereocenters. The number of aromatic nitrogens is 5. The van der Waals surface area contributed by atoms with Gasteiger partial charge in [0.2, 0.25) is 0 Å². The van der Waals surface area contributed by atoms with Crippen LogP contribution in [-0.2, 0) is 11.8 Å². The molecule has 1 aliphatic rings. The van der Waals surface area contributed by atoms with Gasteiger partial charge in [-0.3, -0.25) is 19.9 Å². The van der Waals surface area contributed by atoms with Crippen molar-refractivity contribution in [2.45, 2.75) is 12.0 Å². The molecule has 0 radical (unpaired) electrons. The van der Waals surface area contributed by atoms with Gasteiger partial charge in [-0.25, -0.2) is 13.9 Å². The maximum absolute atomic E-state index is 14.0. The second kappa shape index (κ2) is 11.3. The lowest BCUT2D eigenvalue weighted by Gasteiger charge is -2.20. The number of nitrogens with zero attached hydrogens (tertiary/aromatic N) is 6. The molecule has 0 bridgehead atoms. The number of methoxy groups -OCH3 is 1. The van der Waals surface area contributed by atoms with E-state index in [1.54, 1.807) is 42.1 Å². The maximum Gasteiger partial charge on any atom is 0.320 e. The van der Waals surface area contributed by atoms with Crippen molar-refractivity contribution < 1.29 is 13.9 Å². The molecule has 0 spiro atoms. The molecule has 198 valence electrons. The zero-order valence-electron chi connectivity index (χ0n) is 21.0. The SMILES string of the molecule is COCCN1CC(NC(=O)Nc2c(Cl)c(-c3cnn(C)c3)nn2-c2ccccc2)C(c2cncc(F)c2)C1. The van der Waals surface area contributed by atoms with Gasteiger partial charge < -0.3 is 10.1 Å². The van der Waals surface area contributed by atoms with Crippen LogP contribution < -0.4 is 10.6 Å². The van der Waals surface area contributed by atoms with E-state index in [9.17, 15) is 9.18 Å². The Kier molecular flexibility index (Phi) is 7.68. The number of likely N-dealkylation sites (tertiary alicyclic amines) is 1. The van der Waals surface area contributed by atoms with E-state index in [2.05, 4.69) is 30.7 Å². The Bertz CT molecular complexity index is 1410. The van der Waals surface area contributed by atoms with Gasteiger partial charge in [-0.15, -0.1) is 0 Å². The first-order valence-corrected chi connectivity index (χ1v) is 12.5. The maximum atomic E-state index is 14.0. The number of hydrogen-bond acceptors (Lipinski definition) is 6. The van der Waals surface area contributed by atoms with Gasteiger partial charge in [0.25, 0.3) is 0 Å². The highest BCUT2D eigenvalue weighted by Gasteiger charge is 2.35. The number of carbonyl (C=O) groups is 1. The van der Waals surface area contributed by atoms with E-state index < -0.39 is 11.8 Å². The fourth-order valence-electron chi connectivity index (χ4n) is 4.71. The molecular weight excluding hydrogens is 511 g/mol. The molecule has 1 saturated heterocycles. The zero-order valence-corrected chi connectivity index (χ0v) is 21.8. The summed E-state index contributed by atoms with van der Waals surface area (Å²) in [6, 6.07) is 10.1. The van der Waals surface area contributed by atoms with Crippen LogP contribution in [0.2, 0.25) is 5.02 Å². The highest BCUT2D eigenvalue weighted by Crippen LogP contribution is 2.35. The van der Waals surface area contributed by atoms with Crippen molar-refractivity contribution in [1.29, 1.82) is 0 Å². The minimum atomic E-state index is -0.449. The van der Waals surface area contributed by atoms with E-state index in [1.165, 1.54) is 12.3 Å². The predicted molar refractivity (Wildman–Crippen MR) is 142 cm³/mol. The number of nitrogens with one attached hydrogen (secondary N) is 2. The first-order valence-electron chi connectivity index (χ1n) is 12.1. The molecular formula is C26H28ClFN8O2. The Labute approximate surface area is 224 Å². The standard InChI is InChI=1S/C26H28ClFN8O2/c1-34-14-18(12-30-34)24-23(27)25(36(33-24)20-6-4-3-5-7-20)32-26(37)31-22-16-35(8-9-38-2)15-21(22)17-10-19(28)13-29-11-17/h3-7,10-14,21-22H,8-9,15-16H2,1-2H3,(H2,31,32,37). The van der Waals surface area contributed by atoms with Gasteiger partial charge >= 0.3 is 6.03 Å². The molecule has 3 aromatic heterocycles. The molecule has 38 heavy (non-hydrogen) atoms. The highest BCUT2D eigenvalue weighted by molar-refractivity contribution is 6.36. The molecule has 4 aromatic rings. The Balaban J connectivity index is 1.41. The molecule has 2 amide bonds. The number of rotatable bonds is 8. The second-order valence-corrected chi connectivity index (χ2v) is 9.54. The van der Waals surface area contributed by atoms with Gasteiger partial charge in [-0.1, -0.05) is 29.8 Å². The lowest BCUT2D eigenvalue weighted by Crippen LogP contribution is -2.42. The molecule has 5 rings (SSSR count). The lowest BCUT2D eigenvalue weighted by molar-refractivity contribution is 0.159. The van der Waals surface area contributed by atoms with Crippen LogP contribution >= 0.6 is 11.6 Å². The first-order chi connectivity index (χ1) is 18.4. The average molecular weight is 539 g/mol. The summed E-state index contributed by atoms with van der Waals surface area (Å²) in [5, 5.41) is 15.1. The molecule has 2 N–H and O–H groups in total. The normalized spacial score (nSPS) is 17.6.